The number of ether oxygens (including phenoxy) is 4. The number of carbonyl (C=O) groups excluding carboxylic acids is 1. The maximum absolute atomic E-state index is 14.0. The number of nitrogens with one attached hydrogen (secondary N) is 1. The van der Waals surface area contributed by atoms with Crippen LogP contribution in [0.4, 0.5) is 4.39 Å². The summed E-state index contributed by atoms with van der Waals surface area (Å²) >= 11 is 0. The van der Waals surface area contributed by atoms with Crippen molar-refractivity contribution in [2.45, 2.75) is 31.5 Å². The molecule has 0 aliphatic carbocycles. The first-order chi connectivity index (χ1) is 60.2. The molecule has 87 radical (unpaired) electrons. The van der Waals surface area contributed by atoms with Crippen molar-refractivity contribution in [1.82, 2.24) is 9.88 Å². The van der Waals surface area contributed by atoms with Crippen LogP contribution in [0.3, 0.4) is 0 Å². The Balaban J connectivity index is 0.000000478. The van der Waals surface area contributed by atoms with Gasteiger partial charge >= 0.3 is 5.97 Å². The van der Waals surface area contributed by atoms with Crippen LogP contribution in [0.2, 0.25) is 0 Å². The zero-order valence-electron chi connectivity index (χ0n) is 73.9. The first kappa shape index (κ1) is 118. The molecule has 0 fully saturated rings. The van der Waals surface area contributed by atoms with E-state index in [0.717, 1.165) is 59.9 Å². The third kappa shape index (κ3) is 28.8. The lowest BCUT2D eigenvalue weighted by molar-refractivity contribution is 0.0600. The molecule has 7 rings (SSSR count). The van der Waals surface area contributed by atoms with Crippen molar-refractivity contribution >= 4 is 618 Å². The fourth-order valence-electron chi connectivity index (χ4n) is 21.9. The molecule has 2 aliphatic rings. The lowest BCUT2D eigenvalue weighted by Gasteiger charge is -2.62. The zero-order valence-corrected chi connectivity index (χ0v) is 73.9. The van der Waals surface area contributed by atoms with E-state index >= 15 is 0 Å². The maximum Gasteiger partial charge on any atom is 0.337 e. The number of methoxy groups -OCH3 is 3. The summed E-state index contributed by atoms with van der Waals surface area (Å²) in [6.45, 7) is 1.16. The standard InChI is InChI=1S/C36H33FN2O5.B85/c1-41-26-12-13-30-28(17-26)29-18-31-27-19-32(42-2)33(44-20-21-4-6-23(7-5-21)36(40)43-3)16-24(27)14-15-39(31)35(34(29)38-30)22-8-10-25(37)11-9-22;1-44-66(45(2)3)77(67(46(4)5)47(6)7)82(76(64(40)41)65(42)43)85(83(78(68(48(8)9)49(10)11)69(50(12)13)51(14)15)79(70(52(16)17)53(18)19)71(54(20)21)55(22)23)84(80(72(56(24)25)57(26)27)73(58(28)29)59(30)31)81(74(60(32)33)61(34)35)75(62(36)37)63(38)39/h4-13,16-17,19,31,35,38H,14-15,18,20H2,1-3H3;. The van der Waals surface area contributed by atoms with E-state index in [2.05, 4.69) is 34.1 Å². The number of benzene rings is 4. The number of nitrogens with zero attached hydrogens (tertiary/aromatic N) is 1. The Labute approximate surface area is 848 Å². The predicted molar refractivity (Wildman–Crippen MR) is 654 cm³/mol. The Morgan fingerprint density at radius 3 is 1.02 bits per heavy atom. The van der Waals surface area contributed by atoms with Crippen LogP contribution in [0, 0.1) is 5.82 Å². The van der Waals surface area contributed by atoms with Crippen molar-refractivity contribution in [1.29, 1.82) is 0 Å². The molecule has 2 aliphatic heterocycles. The number of carbonyl (C=O) groups is 1. The summed E-state index contributed by atoms with van der Waals surface area (Å²) in [6, 6.07) is 24.4. The lowest BCUT2D eigenvalue weighted by Crippen LogP contribution is -3.00. The second-order valence-electron chi connectivity index (χ2n) is 35.1. The van der Waals surface area contributed by atoms with Gasteiger partial charge in [-0.2, -0.15) is 0 Å². The van der Waals surface area contributed by atoms with Crippen LogP contribution in [-0.4, -0.2) is 645 Å². The number of hydrogen-bond donors (Lipinski definition) is 1. The predicted octanol–water partition coefficient (Wildman–Crippen LogP) is -25.4. The van der Waals surface area contributed by atoms with Crippen LogP contribution in [0.15, 0.2) is 78.9 Å². The average molecular weight is 1510 g/mol. The van der Waals surface area contributed by atoms with Gasteiger partial charge in [-0.05, 0) is 95.3 Å². The number of aromatic amines is 1. The molecule has 5 aromatic rings. The summed E-state index contributed by atoms with van der Waals surface area (Å²) in [5.41, 5.74) is 8.35. The van der Waals surface area contributed by atoms with Crippen molar-refractivity contribution in [2.24, 2.45) is 0 Å². The third-order valence-corrected chi connectivity index (χ3v) is 26.9. The van der Waals surface area contributed by atoms with Crippen molar-refractivity contribution < 1.29 is 28.1 Å². The van der Waals surface area contributed by atoms with E-state index < -0.39 is 262 Å². The van der Waals surface area contributed by atoms with Crippen LogP contribution < -0.4 is 14.2 Å². The highest BCUT2D eigenvalue weighted by atomic mass is 19.1. The molecule has 93 heteroatoms. The third-order valence-electron chi connectivity index (χ3n) is 26.9. The van der Waals surface area contributed by atoms with E-state index in [1.807, 2.05) is 30.3 Å². The van der Waals surface area contributed by atoms with Gasteiger partial charge in [0, 0.05) is 631 Å². The second-order valence-corrected chi connectivity index (χ2v) is 35.1. The minimum absolute atomic E-state index is 0.0641. The summed E-state index contributed by atoms with van der Waals surface area (Å²) in [6.07, 6.45) is -68.8. The molecular formula is C36H33B85FN2O5. The molecule has 0 spiro atoms. The number of hydrogen-bond acceptors (Lipinski definition) is 6. The van der Waals surface area contributed by atoms with Gasteiger partial charge in [0.05, 0.1) is 32.9 Å². The fraction of sp³-hybridized carbons (Fsp3) is 0.250. The average Bonchev–Trinajstić information content (AvgIpc) is 1.38. The molecule has 2 unspecified atom stereocenters. The van der Waals surface area contributed by atoms with E-state index in [1.54, 1.807) is 26.4 Å². The quantitative estimate of drug-likeness (QED) is 0.0309. The minimum atomic E-state index is -2.01. The molecule has 0 amide bonds. The zero-order chi connectivity index (χ0) is 97.7. The lowest BCUT2D eigenvalue weighted by atomic mass is 8.19. The molecule has 7 nitrogen and oxygen atoms in total. The molecule has 1 N–H and O–H groups in total. The van der Waals surface area contributed by atoms with Crippen LogP contribution in [-0.2, 0) is 24.2 Å². The highest BCUT2D eigenvalue weighted by Gasteiger charge is 2.67. The van der Waals surface area contributed by atoms with Gasteiger partial charge in [0.1, 0.15) is 18.2 Å². The first-order valence-electron chi connectivity index (χ1n) is 42.7. The van der Waals surface area contributed by atoms with Gasteiger partial charge < -0.3 is 23.9 Å². The Kier molecular flexibility index (Phi) is 49.3. The van der Waals surface area contributed by atoms with Crippen molar-refractivity contribution in [2.75, 3.05) is 27.9 Å². The van der Waals surface area contributed by atoms with Crippen LogP contribution in [0.25, 0.3) is 10.9 Å². The Bertz CT molecular complexity index is 3830. The summed E-state index contributed by atoms with van der Waals surface area (Å²) in [7, 11) is 304. The number of rotatable bonds is 48. The minimum Gasteiger partial charge on any atom is -0.497 e. The molecule has 479 valence electrons. The Hall–Kier alpha value is 0.699. The normalized spacial score (nSPS) is 12.4. The number of esters is 1. The molecule has 2 atom stereocenters. The SMILES string of the molecule is COC(=O)c1ccc(COc2cc3c(cc2OC)C2Cc4c([nH]c5ccc(OC)cc45)C(c4ccc(F)cc4)N2CC3)cc1.[B][B]B(B([B])[B])B(B(B([B])[B])B([B])[B])B(B(B([B])[B])B([B])[B])B(B(B(B(B([B])[B])B([B])[B])B(B([B])[B])B([B])[B])B(B(B([B])[B])B([B])[B])B(B([B])[B])B([B])[B])B(B(B(B([B])[B])B([B])[B])B(B([B])[B])B([B])[B])B(B(B([B])[B])B([B])[B])B(B([B])[B])B([B])[B]. The topological polar surface area (TPSA) is 73.0 Å². The van der Waals surface area contributed by atoms with Gasteiger partial charge in [-0.15, -0.1) is 0 Å². The molecule has 0 saturated heterocycles. The molecule has 0 saturated carbocycles. The number of halogens is 1. The Morgan fingerprint density at radius 1 is 0.388 bits per heavy atom. The molecule has 129 heavy (non-hydrogen) atoms. The largest absolute Gasteiger partial charge is 0.497 e. The van der Waals surface area contributed by atoms with E-state index in [1.165, 1.54) is 35.9 Å². The monoisotopic (exact) mass is 1530 g/mol. The van der Waals surface area contributed by atoms with Gasteiger partial charge in [0.2, 0.25) is 0 Å². The summed E-state index contributed by atoms with van der Waals surface area (Å²) in [5, 5.41) is 1.14. The number of fused-ring (bicyclic) bond motifs is 6. The fourth-order valence-corrected chi connectivity index (χ4v) is 21.9. The number of H-pyrrole nitrogens is 1. The summed E-state index contributed by atoms with van der Waals surface area (Å²) in [4.78, 5) is 18.0. The number of aromatic nitrogens is 1. The van der Waals surface area contributed by atoms with E-state index in [-0.39, 0.29) is 23.9 Å². The molecule has 0 bridgehead atoms. The second kappa shape index (κ2) is 53.7. The van der Waals surface area contributed by atoms with Gasteiger partial charge in [-0.1, -0.05) is 24.3 Å². The van der Waals surface area contributed by atoms with Gasteiger partial charge in [0.15, 0.2) is 11.5 Å². The van der Waals surface area contributed by atoms with Gasteiger partial charge in [0.25, 0.3) is 0 Å². The van der Waals surface area contributed by atoms with Crippen LogP contribution in [0.1, 0.15) is 56.0 Å². The maximum atomic E-state index is 14.0. The van der Waals surface area contributed by atoms with E-state index in [0.29, 0.717) is 23.7 Å². The first-order valence-corrected chi connectivity index (χ1v) is 42.7. The smallest absolute Gasteiger partial charge is 0.337 e. The molecular weight excluding hydrogens is 1480 g/mol. The van der Waals surface area contributed by atoms with Gasteiger partial charge in [-0.3, -0.25) is 4.90 Å². The van der Waals surface area contributed by atoms with E-state index in [9.17, 15) is 9.18 Å². The molecule has 3 heterocycles. The van der Waals surface area contributed by atoms with Crippen molar-refractivity contribution in [3.8, 4) is 17.2 Å². The highest BCUT2D eigenvalue weighted by molar-refractivity contribution is 8.42. The van der Waals surface area contributed by atoms with Gasteiger partial charge in [-0.25, -0.2) is 9.18 Å². The van der Waals surface area contributed by atoms with E-state index in [4.69, 9.17) is 352 Å². The summed E-state index contributed by atoms with van der Waals surface area (Å²) < 4.78 is 36.5. The summed E-state index contributed by atoms with van der Waals surface area (Å²) in [5.74, 6) is 1.55. The highest BCUT2D eigenvalue weighted by Crippen LogP contribution is 2.50. The van der Waals surface area contributed by atoms with Crippen LogP contribution in [0.5, 0.6) is 17.2 Å². The molecule has 1 aromatic heterocycles. The Morgan fingerprint density at radius 2 is 0.713 bits per heavy atom. The van der Waals surface area contributed by atoms with Crippen molar-refractivity contribution in [3.05, 3.63) is 124 Å². The van der Waals surface area contributed by atoms with Crippen molar-refractivity contribution in [3.63, 3.8) is 0 Å². The van der Waals surface area contributed by atoms with Crippen LogP contribution >= 0.6 is 0 Å². The molecule has 4 aromatic carbocycles.